The quantitative estimate of drug-likeness (QED) is 0.941. The molecule has 0 unspecified atom stereocenters. The van der Waals surface area contributed by atoms with Crippen molar-refractivity contribution in [2.75, 3.05) is 6.54 Å². The molecule has 1 aromatic carbocycles. The number of hydrogen-bond acceptors (Lipinski definition) is 3. The Morgan fingerprint density at radius 3 is 2.92 bits per heavy atom. The molecule has 1 N–H and O–H groups in total. The fourth-order valence-electron chi connectivity index (χ4n) is 2.89. The molecule has 0 saturated heterocycles. The summed E-state index contributed by atoms with van der Waals surface area (Å²) < 4.78 is 13.4. The van der Waals surface area contributed by atoms with Gasteiger partial charge in [0.25, 0.3) is 5.56 Å². The van der Waals surface area contributed by atoms with E-state index in [1.807, 2.05) is 13.8 Å². The van der Waals surface area contributed by atoms with E-state index in [2.05, 4.69) is 9.97 Å². The van der Waals surface area contributed by atoms with E-state index < -0.39 is 0 Å². The minimum absolute atomic E-state index is 0.0595. The Hall–Kier alpha value is -2.50. The second-order valence-electron chi connectivity index (χ2n) is 6.51. The van der Waals surface area contributed by atoms with Gasteiger partial charge >= 0.3 is 0 Å². The summed E-state index contributed by atoms with van der Waals surface area (Å²) in [6.07, 6.45) is 1.01. The van der Waals surface area contributed by atoms with Gasteiger partial charge in [-0.05, 0) is 18.1 Å². The number of fused-ring (bicyclic) bond motifs is 1. The smallest absolute Gasteiger partial charge is 0.256 e. The maximum Gasteiger partial charge on any atom is 0.256 e. The maximum atomic E-state index is 13.4. The van der Waals surface area contributed by atoms with E-state index in [9.17, 15) is 14.0 Å². The first-order valence-corrected chi connectivity index (χ1v) is 8.10. The van der Waals surface area contributed by atoms with Crippen molar-refractivity contribution in [1.29, 1.82) is 0 Å². The van der Waals surface area contributed by atoms with Crippen molar-refractivity contribution in [2.24, 2.45) is 5.92 Å². The van der Waals surface area contributed by atoms with Crippen LogP contribution in [0.2, 0.25) is 0 Å². The molecule has 1 aliphatic rings. The van der Waals surface area contributed by atoms with Gasteiger partial charge in [-0.25, -0.2) is 9.37 Å². The van der Waals surface area contributed by atoms with Crippen molar-refractivity contribution >= 4 is 5.91 Å². The van der Waals surface area contributed by atoms with E-state index in [1.54, 1.807) is 17.0 Å². The highest BCUT2D eigenvalue weighted by molar-refractivity contribution is 5.76. The van der Waals surface area contributed by atoms with Crippen LogP contribution in [-0.4, -0.2) is 27.3 Å². The number of nitrogens with one attached hydrogen (secondary N) is 1. The van der Waals surface area contributed by atoms with Crippen LogP contribution in [0.15, 0.2) is 29.1 Å². The molecule has 126 valence electrons. The van der Waals surface area contributed by atoms with Gasteiger partial charge in [-0.1, -0.05) is 26.0 Å². The Kier molecular flexibility index (Phi) is 4.46. The molecule has 1 aromatic heterocycles. The third kappa shape index (κ3) is 3.37. The number of carbonyl (C=O) groups excluding carboxylic acids is 1. The molecule has 2 aromatic rings. The SMILES string of the molecule is CC(C)CC(=O)N1CCc2nc(-c3cccc(F)c3)[nH]c(=O)c2C1. The molecule has 1 aliphatic heterocycles. The first kappa shape index (κ1) is 16.4. The molecule has 5 nitrogen and oxygen atoms in total. The zero-order valence-corrected chi connectivity index (χ0v) is 13.8. The van der Waals surface area contributed by atoms with Crippen LogP contribution in [0.4, 0.5) is 4.39 Å². The van der Waals surface area contributed by atoms with Crippen LogP contribution in [-0.2, 0) is 17.8 Å². The number of halogens is 1. The number of rotatable bonds is 3. The molecular formula is C18H20FN3O2. The van der Waals surface area contributed by atoms with Gasteiger partial charge in [-0.2, -0.15) is 0 Å². The van der Waals surface area contributed by atoms with Crippen molar-refractivity contribution in [3.63, 3.8) is 0 Å². The van der Waals surface area contributed by atoms with Crippen molar-refractivity contribution in [3.8, 4) is 11.4 Å². The fraction of sp³-hybridized carbons (Fsp3) is 0.389. The zero-order chi connectivity index (χ0) is 17.3. The molecule has 0 fully saturated rings. The number of aromatic amines is 1. The highest BCUT2D eigenvalue weighted by Gasteiger charge is 2.25. The van der Waals surface area contributed by atoms with Gasteiger partial charge in [0, 0.05) is 24.9 Å². The fourth-order valence-corrected chi connectivity index (χ4v) is 2.89. The molecule has 0 radical (unpaired) electrons. The predicted octanol–water partition coefficient (Wildman–Crippen LogP) is 2.51. The Balaban J connectivity index is 1.89. The molecule has 6 heteroatoms. The van der Waals surface area contributed by atoms with Crippen LogP contribution < -0.4 is 5.56 Å². The second kappa shape index (κ2) is 6.55. The molecule has 1 amide bonds. The highest BCUT2D eigenvalue weighted by atomic mass is 19.1. The summed E-state index contributed by atoms with van der Waals surface area (Å²) in [6, 6.07) is 5.97. The van der Waals surface area contributed by atoms with E-state index in [-0.39, 0.29) is 29.7 Å². The summed E-state index contributed by atoms with van der Waals surface area (Å²) in [7, 11) is 0. The number of H-pyrrole nitrogens is 1. The Labute approximate surface area is 139 Å². The normalized spacial score (nSPS) is 13.9. The highest BCUT2D eigenvalue weighted by Crippen LogP contribution is 2.20. The molecular weight excluding hydrogens is 309 g/mol. The molecule has 2 heterocycles. The van der Waals surface area contributed by atoms with E-state index in [0.717, 1.165) is 0 Å². The number of carbonyl (C=O) groups is 1. The summed E-state index contributed by atoms with van der Waals surface area (Å²) in [6.45, 7) is 4.83. The zero-order valence-electron chi connectivity index (χ0n) is 13.8. The first-order valence-electron chi connectivity index (χ1n) is 8.10. The van der Waals surface area contributed by atoms with Gasteiger partial charge in [-0.3, -0.25) is 9.59 Å². The van der Waals surface area contributed by atoms with Crippen molar-refractivity contribution in [3.05, 3.63) is 51.7 Å². The summed E-state index contributed by atoms with van der Waals surface area (Å²) in [4.78, 5) is 33.5. The number of amides is 1. The van der Waals surface area contributed by atoms with Crippen molar-refractivity contribution in [1.82, 2.24) is 14.9 Å². The average molecular weight is 329 g/mol. The van der Waals surface area contributed by atoms with Gasteiger partial charge in [-0.15, -0.1) is 0 Å². The van der Waals surface area contributed by atoms with Crippen LogP contribution in [0.1, 0.15) is 31.5 Å². The largest absolute Gasteiger partial charge is 0.338 e. The Morgan fingerprint density at radius 1 is 1.42 bits per heavy atom. The van der Waals surface area contributed by atoms with Crippen LogP contribution in [0.5, 0.6) is 0 Å². The van der Waals surface area contributed by atoms with E-state index >= 15 is 0 Å². The molecule has 0 bridgehead atoms. The maximum absolute atomic E-state index is 13.4. The molecule has 24 heavy (non-hydrogen) atoms. The predicted molar refractivity (Wildman–Crippen MR) is 88.8 cm³/mol. The second-order valence-corrected chi connectivity index (χ2v) is 6.51. The van der Waals surface area contributed by atoms with Crippen LogP contribution >= 0.6 is 0 Å². The van der Waals surface area contributed by atoms with E-state index in [1.165, 1.54) is 12.1 Å². The lowest BCUT2D eigenvalue weighted by Gasteiger charge is -2.28. The monoisotopic (exact) mass is 329 g/mol. The third-order valence-corrected chi connectivity index (χ3v) is 4.10. The van der Waals surface area contributed by atoms with Gasteiger partial charge in [0.1, 0.15) is 11.6 Å². The molecule has 3 rings (SSSR count). The standard InChI is InChI=1S/C18H20FN3O2/c1-11(2)8-16(23)22-7-6-15-14(10-22)18(24)21-17(20-15)12-4-3-5-13(19)9-12/h3-5,9,11H,6-8,10H2,1-2H3,(H,20,21,24). The number of nitrogens with zero attached hydrogens (tertiary/aromatic N) is 2. The van der Waals surface area contributed by atoms with Gasteiger partial charge in [0.05, 0.1) is 17.8 Å². The number of benzene rings is 1. The van der Waals surface area contributed by atoms with Gasteiger partial charge in [0.15, 0.2) is 0 Å². The van der Waals surface area contributed by atoms with Gasteiger partial charge in [0.2, 0.25) is 5.91 Å². The topological polar surface area (TPSA) is 66.1 Å². The van der Waals surface area contributed by atoms with Crippen molar-refractivity contribution < 1.29 is 9.18 Å². The lowest BCUT2D eigenvalue weighted by Crippen LogP contribution is -2.40. The van der Waals surface area contributed by atoms with Crippen LogP contribution in [0.25, 0.3) is 11.4 Å². The summed E-state index contributed by atoms with van der Waals surface area (Å²) in [5.41, 5.74) is 1.49. The average Bonchev–Trinajstić information content (AvgIpc) is 2.54. The lowest BCUT2D eigenvalue weighted by atomic mass is 10.0. The molecule has 0 aliphatic carbocycles. The van der Waals surface area contributed by atoms with E-state index in [0.29, 0.717) is 42.0 Å². The first-order chi connectivity index (χ1) is 11.4. The van der Waals surface area contributed by atoms with Crippen LogP contribution in [0.3, 0.4) is 0 Å². The summed E-state index contributed by atoms with van der Waals surface area (Å²) in [5.74, 6) is 0.327. The number of hydrogen-bond donors (Lipinski definition) is 1. The van der Waals surface area contributed by atoms with Gasteiger partial charge < -0.3 is 9.88 Å². The molecule has 0 spiro atoms. The number of aromatic nitrogens is 2. The minimum Gasteiger partial charge on any atom is -0.338 e. The molecule has 0 atom stereocenters. The van der Waals surface area contributed by atoms with Crippen LogP contribution in [0, 0.1) is 11.7 Å². The van der Waals surface area contributed by atoms with Crippen molar-refractivity contribution in [2.45, 2.75) is 33.2 Å². The summed E-state index contributed by atoms with van der Waals surface area (Å²) >= 11 is 0. The minimum atomic E-state index is -0.377. The Bertz CT molecular complexity index is 829. The third-order valence-electron chi connectivity index (χ3n) is 4.10. The lowest BCUT2D eigenvalue weighted by molar-refractivity contribution is -0.132. The molecule has 0 saturated carbocycles. The summed E-state index contributed by atoms with van der Waals surface area (Å²) in [5, 5.41) is 0. The van der Waals surface area contributed by atoms with E-state index in [4.69, 9.17) is 0 Å². The Morgan fingerprint density at radius 2 is 2.21 bits per heavy atom.